The van der Waals surface area contributed by atoms with E-state index in [1.165, 1.54) is 4.57 Å². The van der Waals surface area contributed by atoms with Gasteiger partial charge in [-0.05, 0) is 23.6 Å². The van der Waals surface area contributed by atoms with Crippen LogP contribution in [-0.2, 0) is 7.05 Å². The molecular formula is C16H18N2O3S. The van der Waals surface area contributed by atoms with Crippen LogP contribution in [0.25, 0.3) is 0 Å². The molecule has 0 N–H and O–H groups in total. The number of pyridine rings is 1. The summed E-state index contributed by atoms with van der Waals surface area (Å²) in [6, 6.07) is 5.27. The highest BCUT2D eigenvalue weighted by molar-refractivity contribution is 7.08. The van der Waals surface area contributed by atoms with E-state index in [0.29, 0.717) is 13.1 Å². The number of ether oxygens (including phenoxy) is 1. The van der Waals surface area contributed by atoms with Crippen molar-refractivity contribution in [3.05, 3.63) is 51.1 Å². The van der Waals surface area contributed by atoms with E-state index in [1.54, 1.807) is 41.6 Å². The smallest absolute Gasteiger partial charge is 0.263 e. The molecule has 0 spiro atoms. The first-order chi connectivity index (χ1) is 10.6. The van der Waals surface area contributed by atoms with Gasteiger partial charge in [-0.25, -0.2) is 0 Å². The second-order valence-corrected chi connectivity index (χ2v) is 6.19. The summed E-state index contributed by atoms with van der Waals surface area (Å²) in [5.41, 5.74) is -0.00801. The minimum absolute atomic E-state index is 0.136. The van der Waals surface area contributed by atoms with Crippen LogP contribution in [0.3, 0.4) is 0 Å². The minimum Gasteiger partial charge on any atom is -0.489 e. The van der Waals surface area contributed by atoms with E-state index in [1.807, 2.05) is 16.8 Å². The summed E-state index contributed by atoms with van der Waals surface area (Å²) in [5.74, 6) is 0.710. The normalized spacial score (nSPS) is 15.8. The lowest BCUT2D eigenvalue weighted by Crippen LogP contribution is -2.43. The maximum Gasteiger partial charge on any atom is 0.263 e. The van der Waals surface area contributed by atoms with Gasteiger partial charge in [0.15, 0.2) is 0 Å². The van der Waals surface area contributed by atoms with Gasteiger partial charge in [-0.15, -0.1) is 11.3 Å². The Bertz CT molecular complexity index is 700. The summed E-state index contributed by atoms with van der Waals surface area (Å²) >= 11 is 1.61. The van der Waals surface area contributed by atoms with Gasteiger partial charge in [0, 0.05) is 44.6 Å². The van der Waals surface area contributed by atoms with Gasteiger partial charge in [-0.1, -0.05) is 0 Å². The Morgan fingerprint density at radius 2 is 2.09 bits per heavy atom. The fourth-order valence-corrected chi connectivity index (χ4v) is 3.18. The molecule has 6 heteroatoms. The molecule has 116 valence electrons. The van der Waals surface area contributed by atoms with Gasteiger partial charge in [-0.3, -0.25) is 9.59 Å². The maximum absolute atomic E-state index is 12.5. The molecule has 5 nitrogen and oxygen atoms in total. The van der Waals surface area contributed by atoms with E-state index in [-0.39, 0.29) is 23.1 Å². The molecule has 1 aliphatic rings. The van der Waals surface area contributed by atoms with E-state index in [0.717, 1.165) is 18.6 Å². The Kier molecular flexibility index (Phi) is 4.29. The molecular weight excluding hydrogens is 300 g/mol. The molecule has 2 aromatic heterocycles. The monoisotopic (exact) mass is 318 g/mol. The zero-order chi connectivity index (χ0) is 15.5. The number of aryl methyl sites for hydroxylation is 1. The van der Waals surface area contributed by atoms with E-state index in [4.69, 9.17) is 4.74 Å². The highest BCUT2D eigenvalue weighted by Crippen LogP contribution is 2.21. The summed E-state index contributed by atoms with van der Waals surface area (Å²) in [7, 11) is 1.65. The van der Waals surface area contributed by atoms with Crippen LogP contribution < -0.4 is 10.3 Å². The first kappa shape index (κ1) is 14.8. The molecule has 0 atom stereocenters. The number of hydrogen-bond acceptors (Lipinski definition) is 4. The number of hydrogen-bond donors (Lipinski definition) is 0. The molecule has 0 radical (unpaired) electrons. The van der Waals surface area contributed by atoms with E-state index in [2.05, 4.69) is 0 Å². The first-order valence-electron chi connectivity index (χ1n) is 7.29. The number of nitrogens with zero attached hydrogens (tertiary/aromatic N) is 2. The van der Waals surface area contributed by atoms with Crippen molar-refractivity contribution in [2.45, 2.75) is 18.9 Å². The Hall–Kier alpha value is -2.08. The molecule has 0 unspecified atom stereocenters. The molecule has 0 aliphatic carbocycles. The van der Waals surface area contributed by atoms with Crippen molar-refractivity contribution >= 4 is 17.2 Å². The Morgan fingerprint density at radius 3 is 2.77 bits per heavy atom. The third-order valence-corrected chi connectivity index (χ3v) is 4.54. The maximum atomic E-state index is 12.5. The third kappa shape index (κ3) is 3.06. The van der Waals surface area contributed by atoms with E-state index < -0.39 is 0 Å². The van der Waals surface area contributed by atoms with Crippen molar-refractivity contribution in [2.75, 3.05) is 13.1 Å². The van der Waals surface area contributed by atoms with Gasteiger partial charge in [0.2, 0.25) is 0 Å². The first-order valence-corrected chi connectivity index (χ1v) is 8.23. The molecule has 3 rings (SSSR count). The van der Waals surface area contributed by atoms with Gasteiger partial charge in [0.1, 0.15) is 17.4 Å². The number of rotatable bonds is 3. The molecule has 1 aliphatic heterocycles. The number of amides is 1. The average Bonchev–Trinajstić information content (AvgIpc) is 3.03. The fourth-order valence-electron chi connectivity index (χ4n) is 2.62. The van der Waals surface area contributed by atoms with Crippen LogP contribution in [0.2, 0.25) is 0 Å². The number of carbonyl (C=O) groups is 1. The molecule has 0 aromatic carbocycles. The van der Waals surface area contributed by atoms with Crippen LogP contribution in [0.4, 0.5) is 0 Å². The zero-order valence-electron chi connectivity index (χ0n) is 12.4. The molecule has 22 heavy (non-hydrogen) atoms. The topological polar surface area (TPSA) is 51.5 Å². The van der Waals surface area contributed by atoms with Crippen LogP contribution in [-0.4, -0.2) is 34.6 Å². The number of aromatic nitrogens is 1. The van der Waals surface area contributed by atoms with Gasteiger partial charge in [0.05, 0.1) is 0 Å². The summed E-state index contributed by atoms with van der Waals surface area (Å²) in [6.45, 7) is 1.23. The molecule has 1 amide bonds. The van der Waals surface area contributed by atoms with Crippen molar-refractivity contribution in [1.29, 1.82) is 0 Å². The Morgan fingerprint density at radius 1 is 1.32 bits per heavy atom. The van der Waals surface area contributed by atoms with Crippen LogP contribution >= 0.6 is 11.3 Å². The second kappa shape index (κ2) is 6.36. The number of likely N-dealkylation sites (tertiary alicyclic amines) is 1. The fraction of sp³-hybridized carbons (Fsp3) is 0.375. The molecule has 1 saturated heterocycles. The quantitative estimate of drug-likeness (QED) is 0.871. The minimum atomic E-state index is -0.246. The standard InChI is InChI=1S/C16H18N2O3S/c1-17-7-2-3-14(15(17)19)16(20)18-8-4-12(5-9-18)21-13-6-10-22-11-13/h2-3,6-7,10-12H,4-5,8-9H2,1H3. The summed E-state index contributed by atoms with van der Waals surface area (Å²) < 4.78 is 7.31. The number of thiophene rings is 1. The number of piperidine rings is 1. The average molecular weight is 318 g/mol. The highest BCUT2D eigenvalue weighted by Gasteiger charge is 2.26. The zero-order valence-corrected chi connectivity index (χ0v) is 13.2. The van der Waals surface area contributed by atoms with Gasteiger partial charge < -0.3 is 14.2 Å². The van der Waals surface area contributed by atoms with Gasteiger partial charge in [-0.2, -0.15) is 0 Å². The largest absolute Gasteiger partial charge is 0.489 e. The molecule has 0 bridgehead atoms. The lowest BCUT2D eigenvalue weighted by atomic mass is 10.1. The summed E-state index contributed by atoms with van der Waals surface area (Å²) in [6.07, 6.45) is 3.36. The lowest BCUT2D eigenvalue weighted by Gasteiger charge is -2.32. The van der Waals surface area contributed by atoms with Crippen molar-refractivity contribution in [3.63, 3.8) is 0 Å². The molecule has 2 aromatic rings. The van der Waals surface area contributed by atoms with Crippen LogP contribution in [0.15, 0.2) is 40.0 Å². The second-order valence-electron chi connectivity index (χ2n) is 5.41. The van der Waals surface area contributed by atoms with Crippen LogP contribution in [0, 0.1) is 0 Å². The molecule has 1 fully saturated rings. The van der Waals surface area contributed by atoms with Crippen molar-refractivity contribution in [2.24, 2.45) is 7.05 Å². The van der Waals surface area contributed by atoms with Crippen molar-refractivity contribution < 1.29 is 9.53 Å². The van der Waals surface area contributed by atoms with Crippen molar-refractivity contribution in [1.82, 2.24) is 9.47 Å². The lowest BCUT2D eigenvalue weighted by molar-refractivity contribution is 0.0594. The highest BCUT2D eigenvalue weighted by atomic mass is 32.1. The van der Waals surface area contributed by atoms with E-state index in [9.17, 15) is 9.59 Å². The predicted octanol–water partition coefficient (Wildman–Crippen LogP) is 2.13. The van der Waals surface area contributed by atoms with Gasteiger partial charge >= 0.3 is 0 Å². The van der Waals surface area contributed by atoms with Crippen LogP contribution in [0.5, 0.6) is 5.75 Å². The van der Waals surface area contributed by atoms with E-state index >= 15 is 0 Å². The summed E-state index contributed by atoms with van der Waals surface area (Å²) in [5, 5.41) is 3.96. The Balaban J connectivity index is 1.62. The van der Waals surface area contributed by atoms with Crippen molar-refractivity contribution in [3.8, 4) is 5.75 Å². The number of carbonyl (C=O) groups excluding carboxylic acids is 1. The van der Waals surface area contributed by atoms with Crippen LogP contribution in [0.1, 0.15) is 23.2 Å². The molecule has 0 saturated carbocycles. The summed E-state index contributed by atoms with van der Waals surface area (Å²) in [4.78, 5) is 26.2. The van der Waals surface area contributed by atoms with Gasteiger partial charge in [0.25, 0.3) is 11.5 Å². The Labute approximate surface area is 132 Å². The third-order valence-electron chi connectivity index (χ3n) is 3.88. The SMILES string of the molecule is Cn1cccc(C(=O)N2CCC(Oc3ccsc3)CC2)c1=O. The predicted molar refractivity (Wildman–Crippen MR) is 85.6 cm³/mol. The molecule has 3 heterocycles.